The maximum absolute atomic E-state index is 10.4. The summed E-state index contributed by atoms with van der Waals surface area (Å²) in [4.78, 5) is 12.4. The fraction of sp³-hybridized carbons (Fsp3) is 0.700. The van der Waals surface area contributed by atoms with Crippen LogP contribution in [-0.4, -0.2) is 57.8 Å². The van der Waals surface area contributed by atoms with Gasteiger partial charge in [0.2, 0.25) is 0 Å². The van der Waals surface area contributed by atoms with E-state index in [4.69, 9.17) is 4.55 Å². The van der Waals surface area contributed by atoms with Crippen LogP contribution in [0.3, 0.4) is 0 Å². The number of nitrogens with zero attached hydrogens (tertiary/aromatic N) is 1. The van der Waals surface area contributed by atoms with Crippen LogP contribution < -0.4 is 0 Å². The molecule has 0 aliphatic rings. The van der Waals surface area contributed by atoms with E-state index < -0.39 is 10.1 Å². The van der Waals surface area contributed by atoms with Crippen LogP contribution in [-0.2, 0) is 19.6 Å². The van der Waals surface area contributed by atoms with Gasteiger partial charge in [-0.2, -0.15) is 8.42 Å². The lowest BCUT2D eigenvalue weighted by Crippen LogP contribution is -2.03. The summed E-state index contributed by atoms with van der Waals surface area (Å²) < 4.78 is 30.4. The molecule has 0 aromatic rings. The number of esters is 1. The van der Waals surface area contributed by atoms with Gasteiger partial charge in [-0.3, -0.25) is 4.55 Å². The third-order valence-electron chi connectivity index (χ3n) is 0.624. The standard InChI is InChI=1S/C6H10O2.C3H9N.CH4O3S/c1-4-8-6(7)5(2)3;1-4(2)3;1-5(2,3)4/h2,4H2,1,3H3;1-3H3;1H3,(H,2,3,4). The second kappa shape index (κ2) is 11.6. The summed E-state index contributed by atoms with van der Waals surface area (Å²) in [5, 5.41) is 0. The molecule has 7 heteroatoms. The van der Waals surface area contributed by atoms with Crippen molar-refractivity contribution in [3.05, 3.63) is 12.2 Å². The summed E-state index contributed by atoms with van der Waals surface area (Å²) in [5.74, 6) is -0.312. The van der Waals surface area contributed by atoms with Crippen LogP contribution in [0.5, 0.6) is 0 Å². The Labute approximate surface area is 104 Å². The third kappa shape index (κ3) is 69.8. The Bertz CT molecular complexity index is 298. The zero-order chi connectivity index (χ0) is 14.6. The minimum Gasteiger partial charge on any atom is -0.463 e. The van der Waals surface area contributed by atoms with E-state index in [0.717, 1.165) is 0 Å². The molecule has 0 radical (unpaired) electrons. The number of carbonyl (C=O) groups is 1. The van der Waals surface area contributed by atoms with Gasteiger partial charge in [0.1, 0.15) is 0 Å². The third-order valence-corrected chi connectivity index (χ3v) is 0.624. The Hall–Kier alpha value is -0.920. The SMILES string of the molecule is C=C(C)C(=O)OCC.CN(C)C.CS(=O)(=O)O. The van der Waals surface area contributed by atoms with Gasteiger partial charge in [0.05, 0.1) is 12.9 Å². The average molecular weight is 269 g/mol. The second-order valence-corrected chi connectivity index (χ2v) is 5.04. The summed E-state index contributed by atoms with van der Waals surface area (Å²) in [5.41, 5.74) is 0.451. The van der Waals surface area contributed by atoms with Crippen molar-refractivity contribution in [1.29, 1.82) is 0 Å². The van der Waals surface area contributed by atoms with Gasteiger partial charge in [-0.25, -0.2) is 4.79 Å². The van der Waals surface area contributed by atoms with Crippen LogP contribution in [0, 0.1) is 0 Å². The molecule has 0 rings (SSSR count). The molecule has 0 atom stereocenters. The highest BCUT2D eigenvalue weighted by atomic mass is 32.2. The largest absolute Gasteiger partial charge is 0.463 e. The second-order valence-electron chi connectivity index (χ2n) is 3.58. The van der Waals surface area contributed by atoms with E-state index in [2.05, 4.69) is 11.3 Å². The van der Waals surface area contributed by atoms with Gasteiger partial charge in [0, 0.05) is 5.57 Å². The highest BCUT2D eigenvalue weighted by Gasteiger charge is 1.98. The first-order valence-corrected chi connectivity index (χ1v) is 6.62. The zero-order valence-corrected chi connectivity index (χ0v) is 12.2. The maximum Gasteiger partial charge on any atom is 0.333 e. The van der Waals surface area contributed by atoms with E-state index in [1.165, 1.54) is 0 Å². The molecule has 17 heavy (non-hydrogen) atoms. The van der Waals surface area contributed by atoms with Crippen LogP contribution in [0.2, 0.25) is 0 Å². The van der Waals surface area contributed by atoms with Gasteiger partial charge in [-0.15, -0.1) is 0 Å². The first-order valence-electron chi connectivity index (χ1n) is 4.77. The van der Waals surface area contributed by atoms with Crippen molar-refractivity contribution in [2.75, 3.05) is 34.0 Å². The number of carbonyl (C=O) groups excluding carboxylic acids is 1. The van der Waals surface area contributed by atoms with Gasteiger partial charge in [0.15, 0.2) is 0 Å². The monoisotopic (exact) mass is 269 g/mol. The molecule has 1 N–H and O–H groups in total. The van der Waals surface area contributed by atoms with Crippen molar-refractivity contribution in [2.24, 2.45) is 0 Å². The van der Waals surface area contributed by atoms with Gasteiger partial charge in [-0.05, 0) is 35.0 Å². The number of rotatable bonds is 2. The molecule has 0 spiro atoms. The van der Waals surface area contributed by atoms with Crippen molar-refractivity contribution in [3.63, 3.8) is 0 Å². The van der Waals surface area contributed by atoms with Gasteiger partial charge < -0.3 is 9.64 Å². The van der Waals surface area contributed by atoms with Crippen LogP contribution in [0.15, 0.2) is 12.2 Å². The van der Waals surface area contributed by atoms with E-state index in [-0.39, 0.29) is 5.97 Å². The van der Waals surface area contributed by atoms with Crippen LogP contribution in [0.4, 0.5) is 0 Å². The molecular formula is C10H23NO5S. The zero-order valence-electron chi connectivity index (χ0n) is 11.3. The lowest BCUT2D eigenvalue weighted by molar-refractivity contribution is -0.138. The van der Waals surface area contributed by atoms with E-state index in [0.29, 0.717) is 18.4 Å². The molecule has 0 aliphatic heterocycles. The molecule has 104 valence electrons. The average Bonchev–Trinajstić information content (AvgIpc) is 1.99. The Morgan fingerprint density at radius 1 is 1.35 bits per heavy atom. The molecule has 0 aromatic heterocycles. The molecule has 0 aliphatic carbocycles. The molecular weight excluding hydrogens is 246 g/mol. The number of ether oxygens (including phenoxy) is 1. The molecule has 0 bridgehead atoms. The predicted octanol–water partition coefficient (Wildman–Crippen LogP) is 0.807. The molecule has 0 saturated carbocycles. The first-order chi connectivity index (χ1) is 7.41. The van der Waals surface area contributed by atoms with Gasteiger partial charge in [0.25, 0.3) is 10.1 Å². The Balaban J connectivity index is -0.000000188. The Kier molecular flexibility index (Phi) is 14.5. The van der Waals surface area contributed by atoms with E-state index in [9.17, 15) is 13.2 Å². The van der Waals surface area contributed by atoms with Crippen molar-refractivity contribution < 1.29 is 22.5 Å². The predicted molar refractivity (Wildman–Crippen MR) is 68.5 cm³/mol. The molecule has 0 unspecified atom stereocenters. The molecule has 0 fully saturated rings. The lowest BCUT2D eigenvalue weighted by atomic mass is 10.4. The molecule has 0 heterocycles. The van der Waals surface area contributed by atoms with Crippen molar-refractivity contribution in [1.82, 2.24) is 4.90 Å². The number of hydrogen-bond donors (Lipinski definition) is 1. The van der Waals surface area contributed by atoms with Crippen LogP contribution in [0.25, 0.3) is 0 Å². The number of hydrogen-bond acceptors (Lipinski definition) is 5. The van der Waals surface area contributed by atoms with Crippen molar-refractivity contribution >= 4 is 16.1 Å². The molecule has 0 amide bonds. The summed E-state index contributed by atoms with van der Waals surface area (Å²) in [6, 6.07) is 0. The van der Waals surface area contributed by atoms with Crippen LogP contribution >= 0.6 is 0 Å². The molecule has 0 aromatic carbocycles. The quantitative estimate of drug-likeness (QED) is 0.453. The van der Waals surface area contributed by atoms with Crippen molar-refractivity contribution in [3.8, 4) is 0 Å². The highest BCUT2D eigenvalue weighted by molar-refractivity contribution is 7.85. The lowest BCUT2D eigenvalue weighted by Gasteiger charge is -1.96. The maximum atomic E-state index is 10.4. The Morgan fingerprint density at radius 3 is 1.65 bits per heavy atom. The fourth-order valence-electron chi connectivity index (χ4n) is 0.254. The summed E-state index contributed by atoms with van der Waals surface area (Å²) in [6.45, 7) is 7.21. The minimum atomic E-state index is -3.67. The van der Waals surface area contributed by atoms with Gasteiger partial charge in [-0.1, -0.05) is 6.58 Å². The minimum absolute atomic E-state index is 0.312. The molecule has 6 nitrogen and oxygen atoms in total. The van der Waals surface area contributed by atoms with E-state index in [1.54, 1.807) is 13.8 Å². The Morgan fingerprint density at radius 2 is 1.59 bits per heavy atom. The normalized spacial score (nSPS) is 9.41. The summed E-state index contributed by atoms with van der Waals surface area (Å²) in [7, 11) is 2.33. The van der Waals surface area contributed by atoms with E-state index in [1.807, 2.05) is 26.0 Å². The molecule has 0 saturated heterocycles. The van der Waals surface area contributed by atoms with Gasteiger partial charge >= 0.3 is 5.97 Å². The first kappa shape index (κ1) is 21.4. The summed E-state index contributed by atoms with van der Waals surface area (Å²) >= 11 is 0. The van der Waals surface area contributed by atoms with Crippen LogP contribution in [0.1, 0.15) is 13.8 Å². The topological polar surface area (TPSA) is 83.9 Å². The summed E-state index contributed by atoms with van der Waals surface area (Å²) in [6.07, 6.45) is 0.715. The fourth-order valence-corrected chi connectivity index (χ4v) is 0.254. The van der Waals surface area contributed by atoms with E-state index >= 15 is 0 Å². The smallest absolute Gasteiger partial charge is 0.333 e. The van der Waals surface area contributed by atoms with Crippen molar-refractivity contribution in [2.45, 2.75) is 13.8 Å². The highest BCUT2D eigenvalue weighted by Crippen LogP contribution is 1.89.